The number of nitrogens with one attached hydrogen (secondary N) is 2. The number of rotatable bonds is 7. The van der Waals surface area contributed by atoms with Gasteiger partial charge in [0.05, 0.1) is 6.61 Å². The first kappa shape index (κ1) is 20.3. The molecule has 0 heterocycles. The molecule has 0 atom stereocenters. The SMILES string of the molecule is Cc1ccc(OCCCC(=O)Nc2ccc(NC(=O)C(F)(F)F)cc2)cc1. The van der Waals surface area contributed by atoms with Crippen LogP contribution in [0.5, 0.6) is 5.75 Å². The molecule has 0 spiro atoms. The van der Waals surface area contributed by atoms with Gasteiger partial charge in [0.25, 0.3) is 0 Å². The molecule has 2 rings (SSSR count). The van der Waals surface area contributed by atoms with Crippen LogP contribution in [0.25, 0.3) is 0 Å². The second-order valence-corrected chi connectivity index (χ2v) is 5.84. The first-order chi connectivity index (χ1) is 12.7. The topological polar surface area (TPSA) is 67.4 Å². The molecule has 0 aliphatic rings. The number of aryl methyl sites for hydroxylation is 1. The van der Waals surface area contributed by atoms with E-state index in [0.717, 1.165) is 11.3 Å². The normalized spacial score (nSPS) is 11.0. The molecule has 0 bridgehead atoms. The molecule has 0 aliphatic carbocycles. The lowest BCUT2D eigenvalue weighted by Crippen LogP contribution is -2.29. The van der Waals surface area contributed by atoms with E-state index in [1.54, 1.807) is 5.32 Å². The van der Waals surface area contributed by atoms with Crippen LogP contribution in [0.2, 0.25) is 0 Å². The molecule has 8 heteroatoms. The monoisotopic (exact) mass is 380 g/mol. The van der Waals surface area contributed by atoms with Crippen LogP contribution in [-0.4, -0.2) is 24.6 Å². The summed E-state index contributed by atoms with van der Waals surface area (Å²) in [4.78, 5) is 22.7. The number of carbonyl (C=O) groups excluding carboxylic acids is 2. The Kier molecular flexibility index (Phi) is 6.81. The fourth-order valence-corrected chi connectivity index (χ4v) is 2.12. The highest BCUT2D eigenvalue weighted by Crippen LogP contribution is 2.20. The van der Waals surface area contributed by atoms with Crippen molar-refractivity contribution in [1.82, 2.24) is 0 Å². The van der Waals surface area contributed by atoms with Crippen LogP contribution in [0.15, 0.2) is 48.5 Å². The predicted molar refractivity (Wildman–Crippen MR) is 95.7 cm³/mol. The number of benzene rings is 2. The second kappa shape index (κ2) is 9.07. The van der Waals surface area contributed by atoms with Gasteiger partial charge in [-0.2, -0.15) is 13.2 Å². The first-order valence-corrected chi connectivity index (χ1v) is 8.21. The third kappa shape index (κ3) is 7.01. The summed E-state index contributed by atoms with van der Waals surface area (Å²) in [5.41, 5.74) is 1.54. The van der Waals surface area contributed by atoms with Gasteiger partial charge in [-0.3, -0.25) is 9.59 Å². The molecule has 0 fully saturated rings. The summed E-state index contributed by atoms with van der Waals surface area (Å²) in [5.74, 6) is -1.56. The van der Waals surface area contributed by atoms with Crippen molar-refractivity contribution < 1.29 is 27.5 Å². The molecule has 2 amide bonds. The average Bonchev–Trinajstić information content (AvgIpc) is 2.61. The quantitative estimate of drug-likeness (QED) is 0.704. The van der Waals surface area contributed by atoms with Crippen LogP contribution in [0.3, 0.4) is 0 Å². The molecule has 0 aromatic heterocycles. The van der Waals surface area contributed by atoms with Crippen molar-refractivity contribution in [3.05, 3.63) is 54.1 Å². The zero-order valence-corrected chi connectivity index (χ0v) is 14.6. The summed E-state index contributed by atoms with van der Waals surface area (Å²) in [6, 6.07) is 13.0. The van der Waals surface area contributed by atoms with Crippen molar-refractivity contribution in [3.8, 4) is 5.75 Å². The first-order valence-electron chi connectivity index (χ1n) is 8.21. The van der Waals surface area contributed by atoms with Crippen LogP contribution in [0.1, 0.15) is 18.4 Å². The summed E-state index contributed by atoms with van der Waals surface area (Å²) in [5, 5.41) is 4.36. The Labute approximate surface area is 154 Å². The Bertz CT molecular complexity index is 772. The number of halogens is 3. The summed E-state index contributed by atoms with van der Waals surface area (Å²) < 4.78 is 42.1. The number of hydrogen-bond donors (Lipinski definition) is 2. The zero-order chi connectivity index (χ0) is 19.9. The molecule has 5 nitrogen and oxygen atoms in total. The summed E-state index contributed by atoms with van der Waals surface area (Å²) in [7, 11) is 0. The Morgan fingerprint density at radius 1 is 0.926 bits per heavy atom. The maximum atomic E-state index is 12.2. The molecule has 27 heavy (non-hydrogen) atoms. The van der Waals surface area contributed by atoms with Gasteiger partial charge in [0.2, 0.25) is 5.91 Å². The van der Waals surface area contributed by atoms with E-state index in [2.05, 4.69) is 5.32 Å². The largest absolute Gasteiger partial charge is 0.494 e. The van der Waals surface area contributed by atoms with Gasteiger partial charge in [0, 0.05) is 17.8 Å². The number of amides is 2. The van der Waals surface area contributed by atoms with Crippen molar-refractivity contribution in [2.24, 2.45) is 0 Å². The van der Waals surface area contributed by atoms with E-state index >= 15 is 0 Å². The van der Waals surface area contributed by atoms with Crippen LogP contribution in [0, 0.1) is 6.92 Å². The van der Waals surface area contributed by atoms with Gasteiger partial charge >= 0.3 is 12.1 Å². The van der Waals surface area contributed by atoms with Gasteiger partial charge in [-0.25, -0.2) is 0 Å². The average molecular weight is 380 g/mol. The molecule has 0 saturated heterocycles. The minimum atomic E-state index is -4.95. The molecular formula is C19H19F3N2O3. The van der Waals surface area contributed by atoms with Crippen LogP contribution in [-0.2, 0) is 9.59 Å². The third-order valence-corrected chi connectivity index (χ3v) is 3.52. The van der Waals surface area contributed by atoms with E-state index < -0.39 is 12.1 Å². The predicted octanol–water partition coefficient (Wildman–Crippen LogP) is 4.29. The minimum Gasteiger partial charge on any atom is -0.494 e. The summed E-state index contributed by atoms with van der Waals surface area (Å²) >= 11 is 0. The van der Waals surface area contributed by atoms with Crippen molar-refractivity contribution in [3.63, 3.8) is 0 Å². The van der Waals surface area contributed by atoms with Gasteiger partial charge in [0.15, 0.2) is 0 Å². The van der Waals surface area contributed by atoms with Crippen molar-refractivity contribution >= 4 is 23.2 Å². The van der Waals surface area contributed by atoms with E-state index in [1.807, 2.05) is 31.2 Å². The second-order valence-electron chi connectivity index (χ2n) is 5.84. The van der Waals surface area contributed by atoms with Gasteiger partial charge in [0.1, 0.15) is 5.75 Å². The van der Waals surface area contributed by atoms with Gasteiger partial charge in [-0.15, -0.1) is 0 Å². The lowest BCUT2D eigenvalue weighted by atomic mass is 10.2. The summed E-state index contributed by atoms with van der Waals surface area (Å²) in [6.07, 6.45) is -4.20. The standard InChI is InChI=1S/C19H19F3N2O3/c1-13-4-10-16(11-5-13)27-12-2-3-17(25)23-14-6-8-15(9-7-14)24-18(26)19(20,21)22/h4-11H,2-3,12H2,1H3,(H,23,25)(H,24,26). The van der Waals surface area contributed by atoms with Crippen molar-refractivity contribution in [2.75, 3.05) is 17.2 Å². The molecule has 0 unspecified atom stereocenters. The van der Waals surface area contributed by atoms with Crippen LogP contribution >= 0.6 is 0 Å². The van der Waals surface area contributed by atoms with E-state index in [1.165, 1.54) is 24.3 Å². The molecule has 2 aromatic rings. The Balaban J connectivity index is 1.72. The lowest BCUT2D eigenvalue weighted by molar-refractivity contribution is -0.167. The number of alkyl halides is 3. The maximum absolute atomic E-state index is 12.2. The number of hydrogen-bond acceptors (Lipinski definition) is 3. The van der Waals surface area contributed by atoms with E-state index in [-0.39, 0.29) is 18.0 Å². The highest BCUT2D eigenvalue weighted by atomic mass is 19.4. The molecule has 2 N–H and O–H groups in total. The maximum Gasteiger partial charge on any atom is 0.471 e. The fraction of sp³-hybridized carbons (Fsp3) is 0.263. The highest BCUT2D eigenvalue weighted by molar-refractivity contribution is 5.95. The third-order valence-electron chi connectivity index (χ3n) is 3.52. The van der Waals surface area contributed by atoms with E-state index in [9.17, 15) is 22.8 Å². The fourth-order valence-electron chi connectivity index (χ4n) is 2.12. The van der Waals surface area contributed by atoms with Gasteiger partial charge < -0.3 is 15.4 Å². The van der Waals surface area contributed by atoms with Crippen molar-refractivity contribution in [2.45, 2.75) is 25.9 Å². The summed E-state index contributed by atoms with van der Waals surface area (Å²) in [6.45, 7) is 2.36. The molecule has 0 radical (unpaired) electrons. The molecular weight excluding hydrogens is 361 g/mol. The molecule has 144 valence electrons. The number of carbonyl (C=O) groups is 2. The van der Waals surface area contributed by atoms with Crippen LogP contribution in [0.4, 0.5) is 24.5 Å². The Morgan fingerprint density at radius 2 is 1.48 bits per heavy atom. The van der Waals surface area contributed by atoms with E-state index in [4.69, 9.17) is 4.74 Å². The Hall–Kier alpha value is -3.03. The smallest absolute Gasteiger partial charge is 0.471 e. The number of ether oxygens (including phenoxy) is 1. The van der Waals surface area contributed by atoms with Crippen LogP contribution < -0.4 is 15.4 Å². The zero-order valence-electron chi connectivity index (χ0n) is 14.6. The number of anilines is 2. The molecule has 0 aliphatic heterocycles. The molecule has 0 saturated carbocycles. The van der Waals surface area contributed by atoms with Gasteiger partial charge in [-0.1, -0.05) is 17.7 Å². The van der Waals surface area contributed by atoms with Crippen molar-refractivity contribution in [1.29, 1.82) is 0 Å². The molecule has 2 aromatic carbocycles. The van der Waals surface area contributed by atoms with Gasteiger partial charge in [-0.05, 0) is 49.7 Å². The highest BCUT2D eigenvalue weighted by Gasteiger charge is 2.38. The minimum absolute atomic E-state index is 0.0122. The Morgan fingerprint density at radius 3 is 2.04 bits per heavy atom. The van der Waals surface area contributed by atoms with E-state index in [0.29, 0.717) is 18.7 Å². The lowest BCUT2D eigenvalue weighted by Gasteiger charge is -2.10.